The van der Waals surface area contributed by atoms with Crippen LogP contribution in [-0.2, 0) is 0 Å². The second-order valence-electron chi connectivity index (χ2n) is 4.71. The van der Waals surface area contributed by atoms with Gasteiger partial charge in [-0.15, -0.1) is 0 Å². The molecule has 2 rings (SSSR count). The maximum atomic E-state index is 9.81. The normalized spacial score (nSPS) is 17.8. The number of aliphatic hydroxyl groups is 1. The molecule has 0 amide bonds. The molecule has 1 aromatic carbocycles. The van der Waals surface area contributed by atoms with E-state index in [1.54, 1.807) is 14.2 Å². The van der Waals surface area contributed by atoms with Crippen LogP contribution in [0.5, 0.6) is 11.5 Å². The molecule has 1 saturated heterocycles. The fourth-order valence-electron chi connectivity index (χ4n) is 2.55. The lowest BCUT2D eigenvalue weighted by Crippen LogP contribution is -2.46. The Balaban J connectivity index is 2.36. The van der Waals surface area contributed by atoms with Gasteiger partial charge in [-0.3, -0.25) is 4.90 Å². The summed E-state index contributed by atoms with van der Waals surface area (Å²) in [5.74, 6) is 1.50. The second kappa shape index (κ2) is 7.26. The topological polar surface area (TPSA) is 54.0 Å². The van der Waals surface area contributed by atoms with E-state index in [1.807, 2.05) is 12.1 Å². The zero-order valence-electron chi connectivity index (χ0n) is 11.9. The number of methoxy groups -OCH3 is 2. The second-order valence-corrected chi connectivity index (χ2v) is 5.57. The van der Waals surface area contributed by atoms with Gasteiger partial charge in [-0.2, -0.15) is 0 Å². The number of aliphatic hydroxyl groups excluding tert-OH is 1. The highest BCUT2D eigenvalue weighted by molar-refractivity contribution is 9.10. The molecule has 1 aliphatic heterocycles. The number of benzene rings is 1. The number of hydrogen-bond donors (Lipinski definition) is 2. The van der Waals surface area contributed by atoms with E-state index in [-0.39, 0.29) is 12.6 Å². The Morgan fingerprint density at radius 1 is 1.25 bits per heavy atom. The Morgan fingerprint density at radius 2 is 1.90 bits per heavy atom. The summed E-state index contributed by atoms with van der Waals surface area (Å²) in [6, 6.07) is 3.75. The van der Waals surface area contributed by atoms with E-state index in [9.17, 15) is 5.11 Å². The van der Waals surface area contributed by atoms with E-state index in [1.165, 1.54) is 0 Å². The molecule has 0 saturated carbocycles. The summed E-state index contributed by atoms with van der Waals surface area (Å²) in [7, 11) is 3.28. The van der Waals surface area contributed by atoms with Crippen LogP contribution in [0.25, 0.3) is 0 Å². The van der Waals surface area contributed by atoms with E-state index in [4.69, 9.17) is 9.47 Å². The molecule has 0 aromatic heterocycles. The van der Waals surface area contributed by atoms with E-state index in [2.05, 4.69) is 26.1 Å². The zero-order chi connectivity index (χ0) is 14.5. The summed E-state index contributed by atoms with van der Waals surface area (Å²) in [4.78, 5) is 2.27. The van der Waals surface area contributed by atoms with Gasteiger partial charge in [-0.05, 0) is 28.1 Å². The lowest BCUT2D eigenvalue weighted by Gasteiger charge is -2.34. The average Bonchev–Trinajstić information content (AvgIpc) is 2.50. The van der Waals surface area contributed by atoms with Crippen molar-refractivity contribution in [3.8, 4) is 11.5 Å². The maximum Gasteiger partial charge on any atom is 0.133 e. The first kappa shape index (κ1) is 15.6. The Morgan fingerprint density at radius 3 is 2.45 bits per heavy atom. The summed E-state index contributed by atoms with van der Waals surface area (Å²) in [5.41, 5.74) is 0.956. The predicted octanol–water partition coefficient (Wildman–Crippen LogP) is 1.40. The van der Waals surface area contributed by atoms with Crippen molar-refractivity contribution >= 4 is 15.9 Å². The minimum atomic E-state index is -0.0750. The van der Waals surface area contributed by atoms with Crippen LogP contribution in [0.1, 0.15) is 11.6 Å². The molecule has 1 heterocycles. The van der Waals surface area contributed by atoms with Gasteiger partial charge < -0.3 is 19.9 Å². The van der Waals surface area contributed by atoms with Crippen LogP contribution >= 0.6 is 15.9 Å². The molecule has 112 valence electrons. The molecule has 0 spiro atoms. The van der Waals surface area contributed by atoms with Gasteiger partial charge in [0.15, 0.2) is 0 Å². The van der Waals surface area contributed by atoms with E-state index in [0.717, 1.165) is 47.7 Å². The molecule has 1 aliphatic rings. The molecule has 1 atom stereocenters. The fourth-order valence-corrected chi connectivity index (χ4v) is 3.03. The largest absolute Gasteiger partial charge is 0.496 e. The minimum Gasteiger partial charge on any atom is -0.496 e. The number of ether oxygens (including phenoxy) is 2. The molecule has 0 unspecified atom stereocenters. The third kappa shape index (κ3) is 3.25. The Labute approximate surface area is 128 Å². The number of piperazine rings is 1. The number of rotatable bonds is 5. The molecule has 0 bridgehead atoms. The number of nitrogens with zero attached hydrogens (tertiary/aromatic N) is 1. The summed E-state index contributed by atoms with van der Waals surface area (Å²) >= 11 is 3.46. The summed E-state index contributed by atoms with van der Waals surface area (Å²) < 4.78 is 11.7. The maximum absolute atomic E-state index is 9.81. The quantitative estimate of drug-likeness (QED) is 0.845. The molecule has 0 radical (unpaired) electrons. The molecule has 5 nitrogen and oxygen atoms in total. The first-order valence-electron chi connectivity index (χ1n) is 6.68. The number of halogens is 1. The van der Waals surface area contributed by atoms with Crippen LogP contribution in [0.3, 0.4) is 0 Å². The summed E-state index contributed by atoms with van der Waals surface area (Å²) in [6.45, 7) is 3.75. The molecule has 0 aliphatic carbocycles. The van der Waals surface area contributed by atoms with Crippen LogP contribution in [-0.4, -0.2) is 57.0 Å². The average molecular weight is 345 g/mol. The molecule has 1 aromatic rings. The minimum absolute atomic E-state index is 0.0567. The van der Waals surface area contributed by atoms with Crippen LogP contribution in [0.15, 0.2) is 16.6 Å². The van der Waals surface area contributed by atoms with Gasteiger partial charge in [0.1, 0.15) is 11.5 Å². The number of nitrogens with one attached hydrogen (secondary N) is 1. The third-order valence-corrected chi connectivity index (χ3v) is 4.25. The van der Waals surface area contributed by atoms with Crippen molar-refractivity contribution in [3.05, 3.63) is 22.2 Å². The van der Waals surface area contributed by atoms with Crippen molar-refractivity contribution < 1.29 is 14.6 Å². The lowest BCUT2D eigenvalue weighted by atomic mass is 10.0. The molecule has 20 heavy (non-hydrogen) atoms. The van der Waals surface area contributed by atoms with Crippen molar-refractivity contribution in [2.45, 2.75) is 6.04 Å². The van der Waals surface area contributed by atoms with Gasteiger partial charge in [0.05, 0.1) is 31.3 Å². The predicted molar refractivity (Wildman–Crippen MR) is 81.5 cm³/mol. The van der Waals surface area contributed by atoms with Gasteiger partial charge in [-0.25, -0.2) is 0 Å². The van der Waals surface area contributed by atoms with Crippen molar-refractivity contribution in [3.63, 3.8) is 0 Å². The monoisotopic (exact) mass is 344 g/mol. The van der Waals surface area contributed by atoms with Crippen LogP contribution in [0.4, 0.5) is 0 Å². The molecule has 6 heteroatoms. The smallest absolute Gasteiger partial charge is 0.133 e. The van der Waals surface area contributed by atoms with E-state index in [0.29, 0.717) is 0 Å². The molecule has 1 fully saturated rings. The first-order valence-corrected chi connectivity index (χ1v) is 7.47. The first-order chi connectivity index (χ1) is 9.71. The highest BCUT2D eigenvalue weighted by atomic mass is 79.9. The molecular formula is C14H21BrN2O3. The van der Waals surface area contributed by atoms with Gasteiger partial charge in [-0.1, -0.05) is 0 Å². The van der Waals surface area contributed by atoms with Gasteiger partial charge in [0, 0.05) is 31.7 Å². The van der Waals surface area contributed by atoms with Crippen molar-refractivity contribution in [2.24, 2.45) is 0 Å². The highest BCUT2D eigenvalue weighted by Gasteiger charge is 2.25. The SMILES string of the molecule is COc1cc([C@@H](CO)N2CCNCC2)c(OC)cc1Br. The van der Waals surface area contributed by atoms with Gasteiger partial charge in [0.2, 0.25) is 0 Å². The van der Waals surface area contributed by atoms with Crippen molar-refractivity contribution in [1.29, 1.82) is 0 Å². The lowest BCUT2D eigenvalue weighted by molar-refractivity contribution is 0.108. The fraction of sp³-hybridized carbons (Fsp3) is 0.571. The highest BCUT2D eigenvalue weighted by Crippen LogP contribution is 2.37. The van der Waals surface area contributed by atoms with Crippen molar-refractivity contribution in [2.75, 3.05) is 47.0 Å². The Bertz CT molecular complexity index is 450. The Kier molecular flexibility index (Phi) is 5.65. The Hall–Kier alpha value is -0.820. The third-order valence-electron chi connectivity index (χ3n) is 3.63. The molecular weight excluding hydrogens is 324 g/mol. The van der Waals surface area contributed by atoms with Crippen molar-refractivity contribution in [1.82, 2.24) is 10.2 Å². The van der Waals surface area contributed by atoms with E-state index >= 15 is 0 Å². The van der Waals surface area contributed by atoms with Crippen LogP contribution < -0.4 is 14.8 Å². The zero-order valence-corrected chi connectivity index (χ0v) is 13.4. The summed E-state index contributed by atoms with van der Waals surface area (Å²) in [5, 5.41) is 13.1. The standard InChI is InChI=1S/C14H21BrN2O3/c1-19-13-8-11(15)14(20-2)7-10(13)12(9-18)17-5-3-16-4-6-17/h7-8,12,16,18H,3-6,9H2,1-2H3/t12-/m1/s1. The van der Waals surface area contributed by atoms with Crippen LogP contribution in [0, 0.1) is 0 Å². The molecule has 2 N–H and O–H groups in total. The van der Waals surface area contributed by atoms with Gasteiger partial charge >= 0.3 is 0 Å². The number of hydrogen-bond acceptors (Lipinski definition) is 5. The van der Waals surface area contributed by atoms with Crippen LogP contribution in [0.2, 0.25) is 0 Å². The van der Waals surface area contributed by atoms with Gasteiger partial charge in [0.25, 0.3) is 0 Å². The van der Waals surface area contributed by atoms with E-state index < -0.39 is 0 Å². The summed E-state index contributed by atoms with van der Waals surface area (Å²) in [6.07, 6.45) is 0.